The molecule has 106 valence electrons. The second kappa shape index (κ2) is 6.20. The molecule has 0 bridgehead atoms. The van der Waals surface area contributed by atoms with Crippen LogP contribution in [0.2, 0.25) is 5.02 Å². The Morgan fingerprint density at radius 3 is 2.35 bits per heavy atom. The molecule has 1 unspecified atom stereocenters. The summed E-state index contributed by atoms with van der Waals surface area (Å²) in [5.74, 6) is -0.725. The lowest BCUT2D eigenvalue weighted by Gasteiger charge is -2.30. The number of likely N-dealkylation sites (N-methyl/N-ethyl adjacent to an activating group) is 1. The third-order valence-corrected chi connectivity index (χ3v) is 3.59. The van der Waals surface area contributed by atoms with E-state index in [9.17, 15) is 8.78 Å². The highest BCUT2D eigenvalue weighted by molar-refractivity contribution is 6.31. The van der Waals surface area contributed by atoms with E-state index in [-0.39, 0.29) is 12.4 Å². The number of halogens is 3. The smallest absolute Gasteiger partial charge is 0.130 e. The van der Waals surface area contributed by atoms with Crippen LogP contribution in [-0.4, -0.2) is 13.6 Å². The van der Waals surface area contributed by atoms with Crippen molar-refractivity contribution in [2.45, 2.75) is 6.04 Å². The molecule has 5 heteroatoms. The number of nitrogens with zero attached hydrogens (tertiary/aromatic N) is 1. The Morgan fingerprint density at radius 1 is 1.15 bits per heavy atom. The summed E-state index contributed by atoms with van der Waals surface area (Å²) < 4.78 is 27.0. The van der Waals surface area contributed by atoms with Crippen molar-refractivity contribution < 1.29 is 8.78 Å². The Balaban J connectivity index is 2.39. The van der Waals surface area contributed by atoms with Crippen molar-refractivity contribution in [2.24, 2.45) is 5.73 Å². The Labute approximate surface area is 121 Å². The first-order valence-electron chi connectivity index (χ1n) is 6.17. The van der Waals surface area contributed by atoms with Crippen molar-refractivity contribution in [1.82, 2.24) is 0 Å². The fourth-order valence-corrected chi connectivity index (χ4v) is 2.44. The van der Waals surface area contributed by atoms with Gasteiger partial charge in [0.2, 0.25) is 0 Å². The average Bonchev–Trinajstić information content (AvgIpc) is 2.43. The van der Waals surface area contributed by atoms with Crippen molar-refractivity contribution in [1.29, 1.82) is 0 Å². The molecular formula is C15H15ClF2N2. The maximum Gasteiger partial charge on any atom is 0.130 e. The van der Waals surface area contributed by atoms with Gasteiger partial charge in [0, 0.05) is 29.9 Å². The van der Waals surface area contributed by atoms with Gasteiger partial charge < -0.3 is 10.6 Å². The van der Waals surface area contributed by atoms with Crippen LogP contribution >= 0.6 is 11.6 Å². The molecule has 2 aromatic rings. The molecule has 0 heterocycles. The summed E-state index contributed by atoms with van der Waals surface area (Å²) in [4.78, 5) is 1.78. The van der Waals surface area contributed by atoms with Crippen molar-refractivity contribution in [3.05, 3.63) is 64.7 Å². The van der Waals surface area contributed by atoms with Gasteiger partial charge in [-0.2, -0.15) is 0 Å². The van der Waals surface area contributed by atoms with Gasteiger partial charge in [-0.25, -0.2) is 8.78 Å². The number of benzene rings is 2. The standard InChI is InChI=1S/C15H15ClF2N2/c1-20(11-7-5-10(17)6-8-11)14(9-19)15-12(16)3-2-4-13(15)18/h2-8,14H,9,19H2,1H3. The van der Waals surface area contributed by atoms with E-state index < -0.39 is 11.9 Å². The first-order chi connectivity index (χ1) is 9.54. The molecule has 2 N–H and O–H groups in total. The second-order valence-corrected chi connectivity index (χ2v) is 4.88. The largest absolute Gasteiger partial charge is 0.366 e. The molecule has 0 radical (unpaired) electrons. The van der Waals surface area contributed by atoms with Crippen LogP contribution in [0.3, 0.4) is 0 Å². The number of anilines is 1. The SMILES string of the molecule is CN(c1ccc(F)cc1)C(CN)c1c(F)cccc1Cl. The fraction of sp³-hybridized carbons (Fsp3) is 0.200. The van der Waals surface area contributed by atoms with Gasteiger partial charge in [-0.05, 0) is 36.4 Å². The lowest BCUT2D eigenvalue weighted by Crippen LogP contribution is -2.31. The molecule has 0 amide bonds. The van der Waals surface area contributed by atoms with Crippen LogP contribution in [0.5, 0.6) is 0 Å². The highest BCUT2D eigenvalue weighted by Crippen LogP contribution is 2.31. The van der Waals surface area contributed by atoms with Crippen LogP contribution in [0.4, 0.5) is 14.5 Å². The molecule has 0 spiro atoms. The van der Waals surface area contributed by atoms with E-state index in [2.05, 4.69) is 0 Å². The molecule has 0 saturated heterocycles. The number of hydrogen-bond acceptors (Lipinski definition) is 2. The molecule has 2 aromatic carbocycles. The summed E-state index contributed by atoms with van der Waals surface area (Å²) in [6.45, 7) is 0.189. The Morgan fingerprint density at radius 2 is 1.80 bits per heavy atom. The van der Waals surface area contributed by atoms with Crippen LogP contribution in [0, 0.1) is 11.6 Å². The third kappa shape index (κ3) is 2.92. The second-order valence-electron chi connectivity index (χ2n) is 4.47. The first kappa shape index (κ1) is 14.8. The highest BCUT2D eigenvalue weighted by atomic mass is 35.5. The van der Waals surface area contributed by atoms with Crippen LogP contribution in [-0.2, 0) is 0 Å². The summed E-state index contributed by atoms with van der Waals surface area (Å²) in [7, 11) is 1.77. The lowest BCUT2D eigenvalue weighted by atomic mass is 10.0. The normalized spacial score (nSPS) is 12.2. The molecule has 0 aromatic heterocycles. The van der Waals surface area contributed by atoms with Crippen LogP contribution < -0.4 is 10.6 Å². The van der Waals surface area contributed by atoms with E-state index in [1.54, 1.807) is 36.2 Å². The molecule has 0 aliphatic carbocycles. The van der Waals surface area contributed by atoms with Gasteiger partial charge in [0.1, 0.15) is 11.6 Å². The van der Waals surface area contributed by atoms with Crippen LogP contribution in [0.1, 0.15) is 11.6 Å². The van der Waals surface area contributed by atoms with E-state index in [4.69, 9.17) is 17.3 Å². The molecule has 0 aliphatic rings. The van der Waals surface area contributed by atoms with Gasteiger partial charge >= 0.3 is 0 Å². The van der Waals surface area contributed by atoms with Gasteiger partial charge in [-0.15, -0.1) is 0 Å². The minimum absolute atomic E-state index is 0.189. The lowest BCUT2D eigenvalue weighted by molar-refractivity contribution is 0.572. The molecule has 20 heavy (non-hydrogen) atoms. The van der Waals surface area contributed by atoms with Crippen molar-refractivity contribution in [2.75, 3.05) is 18.5 Å². The van der Waals surface area contributed by atoms with Gasteiger partial charge in [0.05, 0.1) is 6.04 Å². The summed E-state index contributed by atoms with van der Waals surface area (Å²) in [5, 5.41) is 0.328. The zero-order chi connectivity index (χ0) is 14.7. The van der Waals surface area contributed by atoms with E-state index in [0.29, 0.717) is 10.6 Å². The predicted molar refractivity (Wildman–Crippen MR) is 78.0 cm³/mol. The monoisotopic (exact) mass is 296 g/mol. The van der Waals surface area contributed by atoms with Gasteiger partial charge in [-0.3, -0.25) is 0 Å². The van der Waals surface area contributed by atoms with Crippen molar-refractivity contribution in [3.63, 3.8) is 0 Å². The Hall–Kier alpha value is -1.65. The fourth-order valence-electron chi connectivity index (χ4n) is 2.15. The molecular weight excluding hydrogens is 282 g/mol. The Bertz CT molecular complexity index is 567. The van der Waals surface area contributed by atoms with Crippen LogP contribution in [0.25, 0.3) is 0 Å². The quantitative estimate of drug-likeness (QED) is 0.931. The minimum Gasteiger partial charge on any atom is -0.366 e. The van der Waals surface area contributed by atoms with Gasteiger partial charge in [0.25, 0.3) is 0 Å². The number of nitrogens with two attached hydrogens (primary N) is 1. The molecule has 0 saturated carbocycles. The zero-order valence-electron chi connectivity index (χ0n) is 11.0. The summed E-state index contributed by atoms with van der Waals surface area (Å²) >= 11 is 6.08. The van der Waals surface area contributed by atoms with Crippen molar-refractivity contribution >= 4 is 17.3 Å². The maximum absolute atomic E-state index is 14.0. The molecule has 2 nitrogen and oxygen atoms in total. The van der Waals surface area contributed by atoms with E-state index in [1.807, 2.05) is 0 Å². The van der Waals surface area contributed by atoms with Gasteiger partial charge in [0.15, 0.2) is 0 Å². The van der Waals surface area contributed by atoms with E-state index >= 15 is 0 Å². The predicted octanol–water partition coefficient (Wildman–Crippen LogP) is 3.75. The third-order valence-electron chi connectivity index (χ3n) is 3.26. The van der Waals surface area contributed by atoms with Crippen LogP contribution in [0.15, 0.2) is 42.5 Å². The van der Waals surface area contributed by atoms with Gasteiger partial charge in [-0.1, -0.05) is 17.7 Å². The zero-order valence-corrected chi connectivity index (χ0v) is 11.7. The summed E-state index contributed by atoms with van der Waals surface area (Å²) in [6.07, 6.45) is 0. The number of rotatable bonds is 4. The number of hydrogen-bond donors (Lipinski definition) is 1. The summed E-state index contributed by atoms with van der Waals surface area (Å²) in [6, 6.07) is 10.0. The average molecular weight is 297 g/mol. The summed E-state index contributed by atoms with van der Waals surface area (Å²) in [5.41, 5.74) is 6.86. The topological polar surface area (TPSA) is 29.3 Å². The molecule has 1 atom stereocenters. The molecule has 0 fully saturated rings. The molecule has 0 aliphatic heterocycles. The molecule has 2 rings (SSSR count). The first-order valence-corrected chi connectivity index (χ1v) is 6.54. The highest BCUT2D eigenvalue weighted by Gasteiger charge is 2.22. The Kier molecular flexibility index (Phi) is 4.57. The van der Waals surface area contributed by atoms with E-state index in [1.165, 1.54) is 18.2 Å². The maximum atomic E-state index is 14.0. The van der Waals surface area contributed by atoms with E-state index in [0.717, 1.165) is 5.69 Å². The minimum atomic E-state index is -0.422. The van der Waals surface area contributed by atoms with Crippen molar-refractivity contribution in [3.8, 4) is 0 Å².